The van der Waals surface area contributed by atoms with Gasteiger partial charge in [0.25, 0.3) is 5.56 Å². The molecule has 0 fully saturated rings. The zero-order chi connectivity index (χ0) is 14.9. The number of aryl methyl sites for hydroxylation is 2. The molecule has 108 valence electrons. The summed E-state index contributed by atoms with van der Waals surface area (Å²) in [4.78, 5) is 30.8. The number of hydrogen-bond donors (Lipinski definition) is 0. The Balaban J connectivity index is 2.63. The predicted octanol–water partition coefficient (Wildman–Crippen LogP) is 2.59. The number of rotatable bonds is 4. The highest BCUT2D eigenvalue weighted by atomic mass is 32.1. The molecule has 6 heteroatoms. The first-order valence-electron chi connectivity index (χ1n) is 6.65. The first-order valence-corrected chi connectivity index (χ1v) is 7.47. The molecule has 0 aliphatic heterocycles. The van der Waals surface area contributed by atoms with Crippen LogP contribution in [0.2, 0.25) is 0 Å². The molecule has 1 unspecified atom stereocenters. The number of aromatic nitrogens is 2. The van der Waals surface area contributed by atoms with Gasteiger partial charge in [-0.05, 0) is 33.3 Å². The van der Waals surface area contributed by atoms with E-state index < -0.39 is 6.04 Å². The van der Waals surface area contributed by atoms with Crippen molar-refractivity contribution in [2.75, 3.05) is 6.61 Å². The van der Waals surface area contributed by atoms with Crippen LogP contribution in [0.5, 0.6) is 0 Å². The number of ether oxygens (including phenoxy) is 1. The quantitative estimate of drug-likeness (QED) is 0.813. The van der Waals surface area contributed by atoms with Crippen LogP contribution in [0.3, 0.4) is 0 Å². The molecule has 20 heavy (non-hydrogen) atoms. The Morgan fingerprint density at radius 3 is 2.75 bits per heavy atom. The summed E-state index contributed by atoms with van der Waals surface area (Å²) >= 11 is 1.49. The number of carbonyl (C=O) groups excluding carboxylic acids is 1. The van der Waals surface area contributed by atoms with Gasteiger partial charge in [-0.3, -0.25) is 9.36 Å². The largest absolute Gasteiger partial charge is 0.464 e. The molecule has 0 spiro atoms. The van der Waals surface area contributed by atoms with E-state index in [0.29, 0.717) is 24.2 Å². The average Bonchev–Trinajstić information content (AvgIpc) is 2.75. The first kappa shape index (κ1) is 14.7. The van der Waals surface area contributed by atoms with Crippen molar-refractivity contribution >= 4 is 27.5 Å². The smallest absolute Gasteiger partial charge is 0.329 e. The van der Waals surface area contributed by atoms with Gasteiger partial charge in [-0.15, -0.1) is 11.3 Å². The van der Waals surface area contributed by atoms with E-state index in [1.54, 1.807) is 13.8 Å². The summed E-state index contributed by atoms with van der Waals surface area (Å²) in [6.07, 6.45) is 0.496. The summed E-state index contributed by atoms with van der Waals surface area (Å²) in [6, 6.07) is 1.21. The highest BCUT2D eigenvalue weighted by Crippen LogP contribution is 2.22. The SMILES string of the molecule is CCOC(=O)C(CC)n1c(C)nc2sc(C)cc2c1=O. The normalized spacial score (nSPS) is 12.6. The lowest BCUT2D eigenvalue weighted by molar-refractivity contribution is -0.147. The van der Waals surface area contributed by atoms with Crippen LogP contribution in [0.1, 0.15) is 37.0 Å². The van der Waals surface area contributed by atoms with E-state index in [0.717, 1.165) is 9.71 Å². The molecule has 0 N–H and O–H groups in total. The Bertz CT molecular complexity index is 702. The zero-order valence-electron chi connectivity index (χ0n) is 12.1. The minimum absolute atomic E-state index is 0.170. The van der Waals surface area contributed by atoms with E-state index in [1.807, 2.05) is 19.9 Å². The van der Waals surface area contributed by atoms with Crippen LogP contribution in [-0.4, -0.2) is 22.1 Å². The van der Waals surface area contributed by atoms with Crippen molar-refractivity contribution in [2.24, 2.45) is 0 Å². The highest BCUT2D eigenvalue weighted by Gasteiger charge is 2.24. The summed E-state index contributed by atoms with van der Waals surface area (Å²) in [7, 11) is 0. The van der Waals surface area contributed by atoms with Crippen molar-refractivity contribution in [3.8, 4) is 0 Å². The Hall–Kier alpha value is -1.69. The zero-order valence-corrected chi connectivity index (χ0v) is 12.9. The molecule has 1 atom stereocenters. The van der Waals surface area contributed by atoms with Gasteiger partial charge in [0, 0.05) is 4.88 Å². The Morgan fingerprint density at radius 1 is 1.45 bits per heavy atom. The lowest BCUT2D eigenvalue weighted by Gasteiger charge is -2.18. The molecule has 0 aliphatic rings. The molecule has 0 amide bonds. The van der Waals surface area contributed by atoms with Gasteiger partial charge in [-0.25, -0.2) is 9.78 Å². The van der Waals surface area contributed by atoms with Crippen LogP contribution < -0.4 is 5.56 Å². The number of carbonyl (C=O) groups is 1. The van der Waals surface area contributed by atoms with Gasteiger partial charge in [0.15, 0.2) is 0 Å². The van der Waals surface area contributed by atoms with E-state index >= 15 is 0 Å². The number of hydrogen-bond acceptors (Lipinski definition) is 5. The molecule has 0 radical (unpaired) electrons. The van der Waals surface area contributed by atoms with Gasteiger partial charge in [0.2, 0.25) is 0 Å². The maximum Gasteiger partial charge on any atom is 0.329 e. The van der Waals surface area contributed by atoms with Gasteiger partial charge in [-0.1, -0.05) is 6.92 Å². The topological polar surface area (TPSA) is 61.2 Å². The van der Waals surface area contributed by atoms with Crippen molar-refractivity contribution in [3.05, 3.63) is 27.1 Å². The lowest BCUT2D eigenvalue weighted by Crippen LogP contribution is -2.33. The predicted molar refractivity (Wildman–Crippen MR) is 79.3 cm³/mol. The van der Waals surface area contributed by atoms with Crippen LogP contribution in [0.4, 0.5) is 0 Å². The number of thiophene rings is 1. The van der Waals surface area contributed by atoms with Gasteiger partial charge in [-0.2, -0.15) is 0 Å². The summed E-state index contributed by atoms with van der Waals surface area (Å²) in [5.41, 5.74) is -0.170. The maximum atomic E-state index is 12.6. The first-order chi connectivity index (χ1) is 9.49. The number of esters is 1. The van der Waals surface area contributed by atoms with Gasteiger partial charge in [0.1, 0.15) is 16.7 Å². The van der Waals surface area contributed by atoms with Crippen molar-refractivity contribution in [2.45, 2.75) is 40.2 Å². The van der Waals surface area contributed by atoms with E-state index in [4.69, 9.17) is 4.74 Å². The van der Waals surface area contributed by atoms with E-state index in [-0.39, 0.29) is 11.5 Å². The maximum absolute atomic E-state index is 12.6. The second-order valence-corrected chi connectivity index (χ2v) is 5.82. The highest BCUT2D eigenvalue weighted by molar-refractivity contribution is 7.18. The Kier molecular flexibility index (Phi) is 4.23. The van der Waals surface area contributed by atoms with Crippen molar-refractivity contribution < 1.29 is 9.53 Å². The molecule has 5 nitrogen and oxygen atoms in total. The fraction of sp³-hybridized carbons (Fsp3) is 0.500. The molecule has 2 aromatic heterocycles. The fourth-order valence-corrected chi connectivity index (χ4v) is 3.19. The molecule has 0 saturated carbocycles. The van der Waals surface area contributed by atoms with Crippen molar-refractivity contribution in [1.82, 2.24) is 9.55 Å². The minimum atomic E-state index is -0.612. The third-order valence-electron chi connectivity index (χ3n) is 3.15. The van der Waals surface area contributed by atoms with Gasteiger partial charge < -0.3 is 4.74 Å². The molecule has 2 rings (SSSR count). The van der Waals surface area contributed by atoms with Crippen LogP contribution in [-0.2, 0) is 9.53 Å². The molecule has 2 heterocycles. The third kappa shape index (κ3) is 2.47. The number of fused-ring (bicyclic) bond motifs is 1. The van der Waals surface area contributed by atoms with E-state index in [9.17, 15) is 9.59 Å². The molecular formula is C14H18N2O3S. The van der Waals surface area contributed by atoms with E-state index in [2.05, 4.69) is 4.98 Å². The Labute approximate surface area is 121 Å². The average molecular weight is 294 g/mol. The summed E-state index contributed by atoms with van der Waals surface area (Å²) in [6.45, 7) is 7.60. The number of nitrogens with zero attached hydrogens (tertiary/aromatic N) is 2. The summed E-state index contributed by atoms with van der Waals surface area (Å²) in [5.74, 6) is 0.164. The van der Waals surface area contributed by atoms with Crippen LogP contribution in [0.25, 0.3) is 10.2 Å². The fourth-order valence-electron chi connectivity index (χ4n) is 2.28. The van der Waals surface area contributed by atoms with Crippen LogP contribution in [0, 0.1) is 13.8 Å². The van der Waals surface area contributed by atoms with Crippen molar-refractivity contribution in [1.29, 1.82) is 0 Å². The monoisotopic (exact) mass is 294 g/mol. The Morgan fingerprint density at radius 2 is 2.15 bits per heavy atom. The van der Waals surface area contributed by atoms with Crippen LogP contribution in [0.15, 0.2) is 10.9 Å². The minimum Gasteiger partial charge on any atom is -0.464 e. The standard InChI is InChI=1S/C14H18N2O3S/c1-5-11(14(18)19-6-2)16-9(4)15-12-10(13(16)17)7-8(3)20-12/h7,11H,5-6H2,1-4H3. The van der Waals surface area contributed by atoms with E-state index in [1.165, 1.54) is 15.9 Å². The van der Waals surface area contributed by atoms with Crippen molar-refractivity contribution in [3.63, 3.8) is 0 Å². The second-order valence-electron chi connectivity index (χ2n) is 4.59. The molecule has 0 saturated heterocycles. The second kappa shape index (κ2) is 5.75. The summed E-state index contributed by atoms with van der Waals surface area (Å²) < 4.78 is 6.50. The molecule has 0 bridgehead atoms. The third-order valence-corrected chi connectivity index (χ3v) is 4.10. The van der Waals surface area contributed by atoms with Gasteiger partial charge in [0.05, 0.1) is 12.0 Å². The van der Waals surface area contributed by atoms with Crippen LogP contribution >= 0.6 is 11.3 Å². The molecule has 0 aliphatic carbocycles. The summed E-state index contributed by atoms with van der Waals surface area (Å²) in [5, 5.41) is 0.570. The van der Waals surface area contributed by atoms with Gasteiger partial charge >= 0.3 is 5.97 Å². The molecular weight excluding hydrogens is 276 g/mol. The molecule has 2 aromatic rings. The lowest BCUT2D eigenvalue weighted by atomic mass is 10.2. The molecule has 0 aromatic carbocycles.